The normalized spacial score (nSPS) is 19.6. The molecule has 0 amide bonds. The maximum absolute atomic E-state index is 5.30. The van der Waals surface area contributed by atoms with E-state index in [2.05, 4.69) is 4.58 Å². The lowest BCUT2D eigenvalue weighted by molar-refractivity contribution is -0.550. The summed E-state index contributed by atoms with van der Waals surface area (Å²) in [7, 11) is 0. The van der Waals surface area contributed by atoms with Gasteiger partial charge >= 0.3 is 0 Å². The van der Waals surface area contributed by atoms with E-state index in [0.29, 0.717) is 0 Å². The van der Waals surface area contributed by atoms with Crippen LogP contribution >= 0.6 is 5.69 Å². The summed E-state index contributed by atoms with van der Waals surface area (Å²) in [4.78, 5) is 0. The smallest absolute Gasteiger partial charge is 0.166 e. The third-order valence-corrected chi connectivity index (χ3v) is 5.71. The molecule has 1 aliphatic carbocycles. The summed E-state index contributed by atoms with van der Waals surface area (Å²) < 4.78 is 18.4. The Morgan fingerprint density at radius 3 is 1.91 bits per heavy atom. The maximum atomic E-state index is 5.30. The number of rotatable bonds is 4. The number of ether oxygens (including phenoxy) is 1. The van der Waals surface area contributed by atoms with Crippen LogP contribution in [0.3, 0.4) is 0 Å². The van der Waals surface area contributed by atoms with Gasteiger partial charge in [-0.15, -0.1) is 0 Å². The van der Waals surface area contributed by atoms with Gasteiger partial charge in [-0.05, 0) is 40.5 Å². The van der Waals surface area contributed by atoms with Gasteiger partial charge in [0.25, 0.3) is 0 Å². The standard InChI is InChI=1S/C9H16NO.C6H15O2PS2/c1-2-4-9(3-1)10-5-7-11-8-6-10;1-5(2)7-9(10,11)8-6(3)4/h1-8H2;5-6H,1-4H3,(H,10,11)/q+1;/p-1. The summed E-state index contributed by atoms with van der Waals surface area (Å²) in [6.45, 7) is 11.7. The monoisotopic (exact) mass is 367 g/mol. The second-order valence-corrected chi connectivity index (χ2v) is 11.0. The quantitative estimate of drug-likeness (QED) is 0.430. The molecule has 0 radical (unpaired) electrons. The topological polar surface area (TPSA) is 30.7 Å². The fourth-order valence-electron chi connectivity index (χ4n) is 2.52. The Morgan fingerprint density at radius 1 is 1.05 bits per heavy atom. The molecule has 0 unspecified atom stereocenters. The summed E-state index contributed by atoms with van der Waals surface area (Å²) >= 11 is 9.95. The van der Waals surface area contributed by atoms with E-state index in [1.54, 1.807) is 5.71 Å². The molecule has 0 atom stereocenters. The number of hydrogen-bond acceptors (Lipinski definition) is 5. The van der Waals surface area contributed by atoms with Gasteiger partial charge in [-0.2, -0.15) is 0 Å². The number of morpholine rings is 1. The highest BCUT2D eigenvalue weighted by molar-refractivity contribution is 8.51. The zero-order chi connectivity index (χ0) is 16.6. The average Bonchev–Trinajstić information content (AvgIpc) is 2.91. The fraction of sp³-hybridized carbons (Fsp3) is 0.933. The lowest BCUT2D eigenvalue weighted by Gasteiger charge is -2.31. The van der Waals surface area contributed by atoms with Crippen LogP contribution in [0, 0.1) is 0 Å². The van der Waals surface area contributed by atoms with Gasteiger partial charge in [-0.3, -0.25) is 0 Å². The average molecular weight is 368 g/mol. The minimum Gasteiger partial charge on any atom is -0.691 e. The van der Waals surface area contributed by atoms with Crippen LogP contribution in [-0.4, -0.2) is 48.8 Å². The number of hydrogen-bond donors (Lipinski definition) is 0. The van der Waals surface area contributed by atoms with Crippen LogP contribution in [0.15, 0.2) is 0 Å². The van der Waals surface area contributed by atoms with E-state index in [9.17, 15) is 0 Å². The van der Waals surface area contributed by atoms with Crippen molar-refractivity contribution in [1.29, 1.82) is 0 Å². The second-order valence-electron chi connectivity index (χ2n) is 6.13. The van der Waals surface area contributed by atoms with E-state index >= 15 is 0 Å². The van der Waals surface area contributed by atoms with E-state index in [0.717, 1.165) is 26.3 Å². The van der Waals surface area contributed by atoms with Crippen LogP contribution in [0.1, 0.15) is 53.4 Å². The molecule has 0 aromatic heterocycles. The van der Waals surface area contributed by atoms with E-state index in [1.165, 1.54) is 25.7 Å². The molecule has 4 nitrogen and oxygen atoms in total. The first-order valence-corrected chi connectivity index (χ1v) is 11.8. The van der Waals surface area contributed by atoms with E-state index in [-0.39, 0.29) is 12.2 Å². The SMILES string of the molecule is C1CCC(=[N+]2CCOCC2)C1.CC(C)OP(=S)([S-])OC(C)C. The third kappa shape index (κ3) is 8.99. The zero-order valence-corrected chi connectivity index (χ0v) is 16.8. The Balaban J connectivity index is 0.000000220. The highest BCUT2D eigenvalue weighted by Crippen LogP contribution is 2.48. The van der Waals surface area contributed by atoms with Gasteiger partial charge in [0.05, 0.1) is 17.9 Å². The van der Waals surface area contributed by atoms with Gasteiger partial charge in [-0.1, -0.05) is 11.8 Å². The molecule has 7 heteroatoms. The molecule has 1 saturated carbocycles. The lowest BCUT2D eigenvalue weighted by atomic mass is 10.3. The molecule has 0 aromatic rings. The van der Waals surface area contributed by atoms with Crippen molar-refractivity contribution >= 4 is 35.5 Å². The van der Waals surface area contributed by atoms with Gasteiger partial charge in [0.1, 0.15) is 13.2 Å². The summed E-state index contributed by atoms with van der Waals surface area (Å²) in [5.74, 6) is 0. The lowest BCUT2D eigenvalue weighted by Crippen LogP contribution is -2.32. The van der Waals surface area contributed by atoms with Gasteiger partial charge in [0.15, 0.2) is 18.8 Å². The Bertz CT molecular complexity index is 384. The van der Waals surface area contributed by atoms with Crippen molar-refractivity contribution in [2.75, 3.05) is 26.3 Å². The summed E-state index contributed by atoms with van der Waals surface area (Å²) in [5.41, 5.74) is -0.700. The molecule has 2 fully saturated rings. The van der Waals surface area contributed by atoms with Crippen molar-refractivity contribution in [3.63, 3.8) is 0 Å². The van der Waals surface area contributed by atoms with Gasteiger partial charge in [0, 0.05) is 12.8 Å². The first-order valence-electron chi connectivity index (χ1n) is 8.15. The van der Waals surface area contributed by atoms with Crippen LogP contribution in [-0.2, 0) is 37.8 Å². The van der Waals surface area contributed by atoms with E-state index in [1.807, 2.05) is 27.7 Å². The predicted octanol–water partition coefficient (Wildman–Crippen LogP) is 3.65. The van der Waals surface area contributed by atoms with Crippen molar-refractivity contribution in [3.05, 3.63) is 0 Å². The molecular formula is C15H30NO3PS2. The van der Waals surface area contributed by atoms with Crippen molar-refractivity contribution < 1.29 is 18.4 Å². The summed E-state index contributed by atoms with van der Waals surface area (Å²) in [6, 6.07) is 0. The molecule has 130 valence electrons. The molecular weight excluding hydrogens is 337 g/mol. The van der Waals surface area contributed by atoms with Gasteiger partial charge < -0.3 is 26.0 Å². The molecule has 2 rings (SSSR count). The molecule has 2 aliphatic rings. The molecule has 0 N–H and O–H groups in total. The predicted molar refractivity (Wildman–Crippen MR) is 98.4 cm³/mol. The van der Waals surface area contributed by atoms with Crippen molar-refractivity contribution in [3.8, 4) is 0 Å². The first-order chi connectivity index (χ1) is 10.3. The minimum absolute atomic E-state index is 0.0529. The van der Waals surface area contributed by atoms with Gasteiger partial charge in [0.2, 0.25) is 0 Å². The molecule has 0 aromatic carbocycles. The Kier molecular flexibility index (Phi) is 9.76. The molecule has 0 bridgehead atoms. The second kappa shape index (κ2) is 10.4. The van der Waals surface area contributed by atoms with E-state index < -0.39 is 5.69 Å². The van der Waals surface area contributed by atoms with Crippen LogP contribution in [0.4, 0.5) is 0 Å². The first kappa shape index (κ1) is 20.6. The maximum Gasteiger partial charge on any atom is 0.166 e. The summed E-state index contributed by atoms with van der Waals surface area (Å²) in [5, 5.41) is 0. The van der Waals surface area contributed by atoms with Crippen molar-refractivity contribution in [1.82, 2.24) is 0 Å². The Hall–Kier alpha value is 0.550. The molecule has 1 saturated heterocycles. The van der Waals surface area contributed by atoms with Crippen LogP contribution in [0.5, 0.6) is 0 Å². The summed E-state index contributed by atoms with van der Waals surface area (Å²) in [6.07, 6.45) is 5.62. The van der Waals surface area contributed by atoms with Crippen LogP contribution in [0.25, 0.3) is 0 Å². The minimum atomic E-state index is -2.39. The fourth-order valence-corrected chi connectivity index (χ4v) is 5.67. The highest BCUT2D eigenvalue weighted by atomic mass is 32.9. The molecule has 22 heavy (non-hydrogen) atoms. The molecule has 1 aliphatic heterocycles. The molecule has 1 heterocycles. The number of nitrogens with zero attached hydrogens (tertiary/aromatic N) is 1. The zero-order valence-electron chi connectivity index (χ0n) is 14.2. The van der Waals surface area contributed by atoms with Crippen LogP contribution in [0.2, 0.25) is 0 Å². The Labute approximate surface area is 145 Å². The highest BCUT2D eigenvalue weighted by Gasteiger charge is 2.21. The van der Waals surface area contributed by atoms with Crippen LogP contribution < -0.4 is 0 Å². The van der Waals surface area contributed by atoms with Crippen molar-refractivity contribution in [2.45, 2.75) is 65.6 Å². The third-order valence-electron chi connectivity index (χ3n) is 3.32. The van der Waals surface area contributed by atoms with E-state index in [4.69, 9.17) is 37.8 Å². The van der Waals surface area contributed by atoms with Crippen molar-refractivity contribution in [2.24, 2.45) is 0 Å². The Morgan fingerprint density at radius 2 is 1.50 bits per heavy atom. The van der Waals surface area contributed by atoms with Gasteiger partial charge in [-0.25, -0.2) is 4.58 Å². The molecule has 0 spiro atoms. The largest absolute Gasteiger partial charge is 0.691 e.